The largest absolute Gasteiger partial charge is 0.378 e. The molecule has 2 aliphatic rings. The average molecular weight is 351 g/mol. The SMILES string of the molecule is NC(=NCC1CCN(Cc2ccccc2Cl)CC1)N1CCOCC1. The fourth-order valence-corrected chi connectivity index (χ4v) is 3.51. The molecule has 2 saturated heterocycles. The lowest BCUT2D eigenvalue weighted by Crippen LogP contribution is -2.45. The number of ether oxygens (including phenoxy) is 1. The van der Waals surface area contributed by atoms with Gasteiger partial charge in [-0.3, -0.25) is 9.89 Å². The standard InChI is InChI=1S/C18H27ClN4O/c19-17-4-2-1-3-16(17)14-22-7-5-15(6-8-22)13-21-18(20)23-9-11-24-12-10-23/h1-4,15H,5-14H2,(H2,20,21). The van der Waals surface area contributed by atoms with Crippen molar-refractivity contribution in [3.63, 3.8) is 0 Å². The first-order valence-corrected chi connectivity index (χ1v) is 9.18. The highest BCUT2D eigenvalue weighted by molar-refractivity contribution is 6.31. The van der Waals surface area contributed by atoms with Crippen LogP contribution in [0.2, 0.25) is 5.02 Å². The minimum Gasteiger partial charge on any atom is -0.378 e. The highest BCUT2D eigenvalue weighted by atomic mass is 35.5. The van der Waals surface area contributed by atoms with E-state index in [0.29, 0.717) is 11.9 Å². The molecule has 0 aliphatic carbocycles. The summed E-state index contributed by atoms with van der Waals surface area (Å²) in [7, 11) is 0. The Kier molecular flexibility index (Phi) is 6.35. The number of rotatable bonds is 4. The maximum absolute atomic E-state index is 6.26. The Morgan fingerprint density at radius 1 is 1.17 bits per heavy atom. The van der Waals surface area contributed by atoms with Gasteiger partial charge in [0.1, 0.15) is 0 Å². The molecule has 5 nitrogen and oxygen atoms in total. The van der Waals surface area contributed by atoms with Gasteiger partial charge in [0.15, 0.2) is 5.96 Å². The number of morpholine rings is 1. The Morgan fingerprint density at radius 3 is 2.58 bits per heavy atom. The monoisotopic (exact) mass is 350 g/mol. The summed E-state index contributed by atoms with van der Waals surface area (Å²) in [5, 5.41) is 0.863. The third-order valence-corrected chi connectivity index (χ3v) is 5.27. The van der Waals surface area contributed by atoms with Crippen LogP contribution in [-0.2, 0) is 11.3 Å². The topological polar surface area (TPSA) is 54.1 Å². The Hall–Kier alpha value is -1.30. The van der Waals surface area contributed by atoms with E-state index < -0.39 is 0 Å². The molecule has 0 bridgehead atoms. The van der Waals surface area contributed by atoms with Crippen LogP contribution in [-0.4, -0.2) is 61.7 Å². The molecule has 0 spiro atoms. The van der Waals surface area contributed by atoms with Crippen LogP contribution in [0, 0.1) is 5.92 Å². The van der Waals surface area contributed by atoms with Gasteiger partial charge in [0.05, 0.1) is 13.2 Å². The van der Waals surface area contributed by atoms with Crippen molar-refractivity contribution in [2.75, 3.05) is 45.9 Å². The van der Waals surface area contributed by atoms with E-state index in [0.717, 1.165) is 57.5 Å². The maximum atomic E-state index is 6.26. The van der Waals surface area contributed by atoms with Crippen molar-refractivity contribution in [1.29, 1.82) is 0 Å². The molecule has 132 valence electrons. The van der Waals surface area contributed by atoms with Crippen LogP contribution >= 0.6 is 11.6 Å². The Morgan fingerprint density at radius 2 is 1.88 bits per heavy atom. The van der Waals surface area contributed by atoms with Gasteiger partial charge in [-0.15, -0.1) is 0 Å². The summed E-state index contributed by atoms with van der Waals surface area (Å²) in [6.07, 6.45) is 2.34. The van der Waals surface area contributed by atoms with Crippen LogP contribution in [0.25, 0.3) is 0 Å². The zero-order valence-electron chi connectivity index (χ0n) is 14.2. The van der Waals surface area contributed by atoms with Crippen LogP contribution in [0.4, 0.5) is 0 Å². The summed E-state index contributed by atoms with van der Waals surface area (Å²) in [6.45, 7) is 7.17. The summed E-state index contributed by atoms with van der Waals surface area (Å²) in [4.78, 5) is 9.22. The van der Waals surface area contributed by atoms with E-state index in [1.807, 2.05) is 12.1 Å². The van der Waals surface area contributed by atoms with Crippen LogP contribution in [0.5, 0.6) is 0 Å². The highest BCUT2D eigenvalue weighted by Crippen LogP contribution is 2.22. The molecule has 0 saturated carbocycles. The second kappa shape index (κ2) is 8.70. The molecule has 2 fully saturated rings. The summed E-state index contributed by atoms with van der Waals surface area (Å²) in [5.74, 6) is 1.31. The predicted octanol–water partition coefficient (Wildman–Crippen LogP) is 2.20. The fraction of sp³-hybridized carbons (Fsp3) is 0.611. The smallest absolute Gasteiger partial charge is 0.191 e. The van der Waals surface area contributed by atoms with Gasteiger partial charge in [-0.1, -0.05) is 29.8 Å². The van der Waals surface area contributed by atoms with Gasteiger partial charge in [0.25, 0.3) is 0 Å². The summed E-state index contributed by atoms with van der Waals surface area (Å²) in [5.41, 5.74) is 7.32. The summed E-state index contributed by atoms with van der Waals surface area (Å²) >= 11 is 6.26. The Balaban J connectivity index is 1.42. The van der Waals surface area contributed by atoms with Gasteiger partial charge < -0.3 is 15.4 Å². The first kappa shape index (κ1) is 17.5. The van der Waals surface area contributed by atoms with E-state index in [9.17, 15) is 0 Å². The number of benzene rings is 1. The minimum absolute atomic E-state index is 0.632. The molecular formula is C18H27ClN4O. The number of nitrogens with two attached hydrogens (primary N) is 1. The molecular weight excluding hydrogens is 324 g/mol. The lowest BCUT2D eigenvalue weighted by atomic mass is 9.96. The van der Waals surface area contributed by atoms with Crippen molar-refractivity contribution >= 4 is 17.6 Å². The zero-order chi connectivity index (χ0) is 16.8. The molecule has 2 aliphatic heterocycles. The van der Waals surface area contributed by atoms with Crippen molar-refractivity contribution < 1.29 is 4.74 Å². The molecule has 24 heavy (non-hydrogen) atoms. The number of likely N-dealkylation sites (tertiary alicyclic amines) is 1. The second-order valence-corrected chi connectivity index (χ2v) is 7.02. The molecule has 0 radical (unpaired) electrons. The molecule has 2 N–H and O–H groups in total. The number of hydrogen-bond acceptors (Lipinski definition) is 3. The lowest BCUT2D eigenvalue weighted by Gasteiger charge is -2.32. The minimum atomic E-state index is 0.632. The molecule has 1 aromatic carbocycles. The normalized spacial score (nSPS) is 21.2. The van der Waals surface area contributed by atoms with E-state index in [2.05, 4.69) is 26.9 Å². The number of aliphatic imine (C=N–C) groups is 1. The summed E-state index contributed by atoms with van der Waals surface area (Å²) in [6, 6.07) is 8.11. The quantitative estimate of drug-likeness (QED) is 0.668. The number of hydrogen-bond donors (Lipinski definition) is 1. The third-order valence-electron chi connectivity index (χ3n) is 4.91. The van der Waals surface area contributed by atoms with Crippen molar-refractivity contribution in [1.82, 2.24) is 9.80 Å². The van der Waals surface area contributed by atoms with E-state index in [4.69, 9.17) is 22.1 Å². The molecule has 2 heterocycles. The van der Waals surface area contributed by atoms with Crippen LogP contribution in [0.3, 0.4) is 0 Å². The number of guanidine groups is 1. The van der Waals surface area contributed by atoms with Gasteiger partial charge in [-0.2, -0.15) is 0 Å². The third kappa shape index (κ3) is 4.85. The predicted molar refractivity (Wildman–Crippen MR) is 98.3 cm³/mol. The van der Waals surface area contributed by atoms with Gasteiger partial charge in [-0.05, 0) is 43.5 Å². The Bertz CT molecular complexity index is 552. The first-order chi connectivity index (χ1) is 11.7. The fourth-order valence-electron chi connectivity index (χ4n) is 3.31. The number of nitrogens with zero attached hydrogens (tertiary/aromatic N) is 3. The highest BCUT2D eigenvalue weighted by Gasteiger charge is 2.20. The van der Waals surface area contributed by atoms with Crippen molar-refractivity contribution in [3.8, 4) is 0 Å². The Labute approximate surface area is 149 Å². The maximum Gasteiger partial charge on any atom is 0.191 e. The summed E-state index contributed by atoms with van der Waals surface area (Å²) < 4.78 is 5.35. The molecule has 0 unspecified atom stereocenters. The average Bonchev–Trinajstić information content (AvgIpc) is 2.63. The number of halogens is 1. The van der Waals surface area contributed by atoms with Gasteiger partial charge in [0, 0.05) is 31.2 Å². The molecule has 0 amide bonds. The van der Waals surface area contributed by atoms with E-state index >= 15 is 0 Å². The van der Waals surface area contributed by atoms with Gasteiger partial charge in [-0.25, -0.2) is 0 Å². The van der Waals surface area contributed by atoms with Gasteiger partial charge >= 0.3 is 0 Å². The lowest BCUT2D eigenvalue weighted by molar-refractivity contribution is 0.0673. The van der Waals surface area contributed by atoms with Crippen molar-refractivity contribution in [2.24, 2.45) is 16.6 Å². The molecule has 3 rings (SSSR count). The second-order valence-electron chi connectivity index (χ2n) is 6.61. The van der Waals surface area contributed by atoms with Crippen molar-refractivity contribution in [3.05, 3.63) is 34.9 Å². The van der Waals surface area contributed by atoms with Gasteiger partial charge in [0.2, 0.25) is 0 Å². The molecule has 0 aromatic heterocycles. The molecule has 6 heteroatoms. The van der Waals surface area contributed by atoms with E-state index in [-0.39, 0.29) is 0 Å². The van der Waals surface area contributed by atoms with E-state index in [1.165, 1.54) is 18.4 Å². The molecule has 0 atom stereocenters. The van der Waals surface area contributed by atoms with Crippen LogP contribution in [0.1, 0.15) is 18.4 Å². The molecule has 1 aromatic rings. The van der Waals surface area contributed by atoms with Crippen LogP contribution in [0.15, 0.2) is 29.3 Å². The number of piperidine rings is 1. The van der Waals surface area contributed by atoms with E-state index in [1.54, 1.807) is 0 Å². The first-order valence-electron chi connectivity index (χ1n) is 8.81. The van der Waals surface area contributed by atoms with Crippen molar-refractivity contribution in [2.45, 2.75) is 19.4 Å². The zero-order valence-corrected chi connectivity index (χ0v) is 14.9. The van der Waals surface area contributed by atoms with Crippen LogP contribution < -0.4 is 5.73 Å².